The number of carbonyl (C=O) groups is 2. The number of carboxylic acid groups (broad SMARTS) is 1. The van der Waals surface area contributed by atoms with Crippen LogP contribution in [0.25, 0.3) is 0 Å². The monoisotopic (exact) mass is 288 g/mol. The molecule has 0 aromatic carbocycles. The molecule has 1 aliphatic rings. The van der Waals surface area contributed by atoms with Crippen molar-refractivity contribution in [3.63, 3.8) is 0 Å². The van der Waals surface area contributed by atoms with Crippen LogP contribution in [0.15, 0.2) is 0 Å². The van der Waals surface area contributed by atoms with Crippen molar-refractivity contribution in [3.8, 4) is 0 Å². The first-order valence-electron chi connectivity index (χ1n) is 6.58. The van der Waals surface area contributed by atoms with Gasteiger partial charge in [0.15, 0.2) is 0 Å². The summed E-state index contributed by atoms with van der Waals surface area (Å²) in [6, 6.07) is -0.965. The molecular weight excluding hydrogens is 264 g/mol. The van der Waals surface area contributed by atoms with E-state index in [1.54, 1.807) is 11.8 Å². The zero-order chi connectivity index (χ0) is 14.6. The second kappa shape index (κ2) is 6.50. The minimum Gasteiger partial charge on any atom is -0.480 e. The van der Waals surface area contributed by atoms with E-state index in [2.05, 4.69) is 33.0 Å². The van der Waals surface area contributed by atoms with Crippen LogP contribution >= 0.6 is 11.8 Å². The molecule has 1 fully saturated rings. The Morgan fingerprint density at radius 3 is 2.63 bits per heavy atom. The summed E-state index contributed by atoms with van der Waals surface area (Å²) in [5, 5.41) is 12.0. The molecule has 110 valence electrons. The minimum absolute atomic E-state index is 0.122. The van der Waals surface area contributed by atoms with Gasteiger partial charge in [0.25, 0.3) is 0 Å². The summed E-state index contributed by atoms with van der Waals surface area (Å²) in [5.41, 5.74) is 0.122. The Labute approximate surface area is 119 Å². The van der Waals surface area contributed by atoms with Crippen LogP contribution in [0, 0.1) is 11.3 Å². The van der Waals surface area contributed by atoms with E-state index in [1.165, 1.54) is 4.90 Å². The maximum atomic E-state index is 12.1. The van der Waals surface area contributed by atoms with E-state index in [-0.39, 0.29) is 11.4 Å². The second-order valence-electron chi connectivity index (χ2n) is 6.08. The lowest BCUT2D eigenvalue weighted by atomic mass is 9.82. The van der Waals surface area contributed by atoms with Crippen molar-refractivity contribution in [3.05, 3.63) is 0 Å². The molecule has 5 nitrogen and oxygen atoms in total. The number of nitrogens with one attached hydrogen (secondary N) is 1. The molecule has 0 aliphatic carbocycles. The largest absolute Gasteiger partial charge is 0.480 e. The quantitative estimate of drug-likeness (QED) is 0.832. The summed E-state index contributed by atoms with van der Waals surface area (Å²) in [6.07, 6.45) is 0. The van der Waals surface area contributed by atoms with Crippen molar-refractivity contribution in [2.24, 2.45) is 11.3 Å². The Morgan fingerprint density at radius 2 is 2.11 bits per heavy atom. The summed E-state index contributed by atoms with van der Waals surface area (Å²) in [6.45, 7) is 9.53. The van der Waals surface area contributed by atoms with Crippen molar-refractivity contribution < 1.29 is 14.7 Å². The van der Waals surface area contributed by atoms with E-state index >= 15 is 0 Å². The van der Waals surface area contributed by atoms with E-state index in [0.29, 0.717) is 24.8 Å². The lowest BCUT2D eigenvalue weighted by Crippen LogP contribution is -2.54. The smallest absolute Gasteiger partial charge is 0.327 e. The maximum absolute atomic E-state index is 12.1. The number of carbonyl (C=O) groups excluding carboxylic acids is 1. The molecule has 1 saturated heterocycles. The summed E-state index contributed by atoms with van der Waals surface area (Å²) < 4.78 is 0. The molecule has 1 aliphatic heterocycles. The SMILES string of the molecule is CC(CNC(=O)N1CCSCC1C(=O)O)C(C)(C)C. The Bertz CT molecular complexity index is 341. The predicted octanol–water partition coefficient (Wildman–Crippen LogP) is 1.88. The van der Waals surface area contributed by atoms with Crippen LogP contribution in [0.1, 0.15) is 27.7 Å². The summed E-state index contributed by atoms with van der Waals surface area (Å²) >= 11 is 1.58. The van der Waals surface area contributed by atoms with Gasteiger partial charge in [-0.15, -0.1) is 0 Å². The molecule has 0 radical (unpaired) electrons. The lowest BCUT2D eigenvalue weighted by molar-refractivity contribution is -0.141. The molecule has 2 unspecified atom stereocenters. The molecule has 2 atom stereocenters. The first-order valence-corrected chi connectivity index (χ1v) is 7.74. The fraction of sp³-hybridized carbons (Fsp3) is 0.846. The average Bonchev–Trinajstić information content (AvgIpc) is 2.34. The summed E-state index contributed by atoms with van der Waals surface area (Å²) in [7, 11) is 0. The number of hydrogen-bond donors (Lipinski definition) is 2. The Balaban J connectivity index is 2.54. The third-order valence-corrected chi connectivity index (χ3v) is 4.73. The van der Waals surface area contributed by atoms with Gasteiger partial charge in [0.05, 0.1) is 0 Å². The fourth-order valence-corrected chi connectivity index (χ4v) is 2.74. The van der Waals surface area contributed by atoms with Gasteiger partial charge in [-0.1, -0.05) is 27.7 Å². The highest BCUT2D eigenvalue weighted by Crippen LogP contribution is 2.24. The van der Waals surface area contributed by atoms with Crippen molar-refractivity contribution in [1.29, 1.82) is 0 Å². The van der Waals surface area contributed by atoms with Gasteiger partial charge >= 0.3 is 12.0 Å². The molecule has 0 aromatic rings. The first kappa shape index (κ1) is 16.1. The zero-order valence-electron chi connectivity index (χ0n) is 12.1. The topological polar surface area (TPSA) is 69.6 Å². The van der Waals surface area contributed by atoms with Crippen LogP contribution in [0.3, 0.4) is 0 Å². The number of aliphatic carboxylic acids is 1. The van der Waals surface area contributed by atoms with Gasteiger partial charge in [0.1, 0.15) is 6.04 Å². The minimum atomic E-state index is -0.925. The van der Waals surface area contributed by atoms with Crippen molar-refractivity contribution >= 4 is 23.8 Å². The molecule has 2 N–H and O–H groups in total. The van der Waals surface area contributed by atoms with Crippen molar-refractivity contribution in [2.75, 3.05) is 24.6 Å². The van der Waals surface area contributed by atoms with Crippen LogP contribution in [0.2, 0.25) is 0 Å². The van der Waals surface area contributed by atoms with Gasteiger partial charge in [0, 0.05) is 24.6 Å². The van der Waals surface area contributed by atoms with Gasteiger partial charge in [0.2, 0.25) is 0 Å². The van der Waals surface area contributed by atoms with Gasteiger partial charge < -0.3 is 15.3 Å². The van der Waals surface area contributed by atoms with Crippen molar-refractivity contribution in [1.82, 2.24) is 10.2 Å². The number of thioether (sulfide) groups is 1. The van der Waals surface area contributed by atoms with Crippen LogP contribution < -0.4 is 5.32 Å². The molecule has 2 amide bonds. The standard InChI is InChI=1S/C13H24N2O3S/c1-9(13(2,3)4)7-14-12(18)15-5-6-19-8-10(15)11(16)17/h9-10H,5-8H2,1-4H3,(H,14,18)(H,16,17). The van der Waals surface area contributed by atoms with Gasteiger partial charge in [-0.05, 0) is 11.3 Å². The number of hydrogen-bond acceptors (Lipinski definition) is 3. The zero-order valence-corrected chi connectivity index (χ0v) is 12.9. The molecule has 1 rings (SSSR count). The Hall–Kier alpha value is -0.910. The van der Waals surface area contributed by atoms with Crippen LogP contribution in [-0.2, 0) is 4.79 Å². The van der Waals surface area contributed by atoms with E-state index in [1.807, 2.05) is 0 Å². The third-order valence-electron chi connectivity index (χ3n) is 3.71. The molecule has 0 bridgehead atoms. The van der Waals surface area contributed by atoms with E-state index in [4.69, 9.17) is 5.11 Å². The average molecular weight is 288 g/mol. The van der Waals surface area contributed by atoms with E-state index in [0.717, 1.165) is 5.75 Å². The van der Waals surface area contributed by atoms with Crippen LogP contribution in [0.4, 0.5) is 4.79 Å². The molecule has 1 heterocycles. The fourth-order valence-electron chi connectivity index (χ4n) is 1.70. The van der Waals surface area contributed by atoms with Crippen molar-refractivity contribution in [2.45, 2.75) is 33.7 Å². The van der Waals surface area contributed by atoms with Crippen LogP contribution in [0.5, 0.6) is 0 Å². The molecule has 0 saturated carbocycles. The number of urea groups is 1. The first-order chi connectivity index (χ1) is 8.73. The van der Waals surface area contributed by atoms with Gasteiger partial charge in [-0.2, -0.15) is 11.8 Å². The number of nitrogens with zero attached hydrogens (tertiary/aromatic N) is 1. The van der Waals surface area contributed by atoms with E-state index < -0.39 is 12.0 Å². The maximum Gasteiger partial charge on any atom is 0.327 e. The molecule has 6 heteroatoms. The molecule has 0 spiro atoms. The Morgan fingerprint density at radius 1 is 1.47 bits per heavy atom. The lowest BCUT2D eigenvalue weighted by Gasteiger charge is -2.34. The second-order valence-corrected chi connectivity index (χ2v) is 7.23. The normalized spacial score (nSPS) is 21.9. The molecule has 0 aromatic heterocycles. The van der Waals surface area contributed by atoms with Gasteiger partial charge in [-0.3, -0.25) is 0 Å². The number of carboxylic acids is 1. The highest BCUT2D eigenvalue weighted by atomic mass is 32.2. The van der Waals surface area contributed by atoms with E-state index in [9.17, 15) is 9.59 Å². The summed E-state index contributed by atoms with van der Waals surface area (Å²) in [4.78, 5) is 24.7. The van der Waals surface area contributed by atoms with Crippen LogP contribution in [-0.4, -0.2) is 52.6 Å². The third kappa shape index (κ3) is 4.60. The highest BCUT2D eigenvalue weighted by Gasteiger charge is 2.32. The number of rotatable bonds is 3. The molecular formula is C13H24N2O3S. The predicted molar refractivity (Wildman–Crippen MR) is 77.5 cm³/mol. The Kier molecular flexibility index (Phi) is 5.52. The number of amides is 2. The summed E-state index contributed by atoms with van der Waals surface area (Å²) in [5.74, 6) is 0.675. The highest BCUT2D eigenvalue weighted by molar-refractivity contribution is 7.99. The molecule has 19 heavy (non-hydrogen) atoms. The van der Waals surface area contributed by atoms with Gasteiger partial charge in [-0.25, -0.2) is 9.59 Å².